The molecule has 4 aromatic carbocycles. The SMILES string of the molecule is CCCC[N+](CCCC)(CCCC)CCCC.O=P1([O-])Oc2ccc3ccccc3c2-c2c(ccc3ccccc23)O1. The number of benzene rings is 4. The summed E-state index contributed by atoms with van der Waals surface area (Å²) in [6.07, 6.45) is 11.1. The fourth-order valence-electron chi connectivity index (χ4n) is 6.08. The predicted octanol–water partition coefficient (Wildman–Crippen LogP) is 9.90. The smallest absolute Gasteiger partial charge is 0.372 e. The molecule has 0 aromatic heterocycles. The number of nitrogens with zero attached hydrogens (tertiary/aromatic N) is 1. The Morgan fingerprint density at radius 1 is 0.571 bits per heavy atom. The van der Waals surface area contributed by atoms with Crippen LogP contribution in [0.4, 0.5) is 0 Å². The molecule has 0 bridgehead atoms. The summed E-state index contributed by atoms with van der Waals surface area (Å²) < 4.78 is 24.2. The van der Waals surface area contributed by atoms with Crippen LogP contribution in [0.3, 0.4) is 0 Å². The molecule has 0 atom stereocenters. The molecule has 226 valence electrons. The maximum Gasteiger partial charge on any atom is 0.372 e. The van der Waals surface area contributed by atoms with Gasteiger partial charge in [-0.3, -0.25) is 0 Å². The second-order valence-corrected chi connectivity index (χ2v) is 12.9. The zero-order chi connectivity index (χ0) is 30.0. The minimum atomic E-state index is -4.50. The molecule has 0 saturated carbocycles. The Labute approximate surface area is 252 Å². The lowest BCUT2D eigenvalue weighted by Gasteiger charge is -2.39. The molecule has 0 spiro atoms. The third kappa shape index (κ3) is 7.75. The van der Waals surface area contributed by atoms with E-state index in [4.69, 9.17) is 9.05 Å². The highest BCUT2D eigenvalue weighted by Gasteiger charge is 2.28. The fraction of sp³-hybridized carbons (Fsp3) is 0.444. The summed E-state index contributed by atoms with van der Waals surface area (Å²) in [7, 11) is -4.50. The molecule has 0 radical (unpaired) electrons. The monoisotopic (exact) mass is 589 g/mol. The average Bonchev–Trinajstić information content (AvgIpc) is 3.13. The van der Waals surface area contributed by atoms with Gasteiger partial charge in [0.15, 0.2) is 0 Å². The van der Waals surface area contributed by atoms with Crippen LogP contribution in [-0.2, 0) is 4.57 Å². The van der Waals surface area contributed by atoms with Crippen LogP contribution in [-0.4, -0.2) is 30.7 Å². The summed E-state index contributed by atoms with van der Waals surface area (Å²) in [6.45, 7) is 15.0. The lowest BCUT2D eigenvalue weighted by molar-refractivity contribution is -0.929. The molecule has 1 aliphatic rings. The molecular formula is C36H48NO4P. The van der Waals surface area contributed by atoms with Crippen molar-refractivity contribution in [1.29, 1.82) is 0 Å². The van der Waals surface area contributed by atoms with Crippen LogP contribution in [0, 0.1) is 0 Å². The van der Waals surface area contributed by atoms with Gasteiger partial charge in [-0.2, -0.15) is 0 Å². The van der Waals surface area contributed by atoms with E-state index in [0.717, 1.165) is 32.7 Å². The highest BCUT2D eigenvalue weighted by molar-refractivity contribution is 7.46. The zero-order valence-electron chi connectivity index (χ0n) is 25.9. The van der Waals surface area contributed by atoms with Gasteiger partial charge in [0.2, 0.25) is 0 Å². The molecule has 0 aliphatic carbocycles. The number of hydrogen-bond acceptors (Lipinski definition) is 4. The highest BCUT2D eigenvalue weighted by Crippen LogP contribution is 2.55. The summed E-state index contributed by atoms with van der Waals surface area (Å²) >= 11 is 0. The van der Waals surface area contributed by atoms with Gasteiger partial charge in [0.25, 0.3) is 0 Å². The van der Waals surface area contributed by atoms with Crippen molar-refractivity contribution in [1.82, 2.24) is 0 Å². The number of quaternary nitrogens is 1. The number of phosphoric ester groups is 1. The lowest BCUT2D eigenvalue weighted by atomic mass is 9.92. The minimum absolute atomic E-state index is 0.284. The van der Waals surface area contributed by atoms with E-state index in [1.807, 2.05) is 60.7 Å². The largest absolute Gasteiger partial charge is 0.736 e. The summed E-state index contributed by atoms with van der Waals surface area (Å²) in [4.78, 5) is 12.3. The van der Waals surface area contributed by atoms with E-state index in [1.54, 1.807) is 12.1 Å². The highest BCUT2D eigenvalue weighted by atomic mass is 31.2. The molecule has 1 heterocycles. The second kappa shape index (κ2) is 15.0. The molecule has 0 fully saturated rings. The van der Waals surface area contributed by atoms with E-state index in [9.17, 15) is 9.46 Å². The molecule has 0 saturated heterocycles. The first kappa shape index (κ1) is 32.1. The molecule has 5 rings (SSSR count). The standard InChI is InChI=1S/C20H13O4P.C16H36N/c21-25(22)23-17-11-9-13-5-1-3-7-15(13)19(17)20-16-8-4-2-6-14(16)10-12-18(20)24-25;1-5-9-13-17(14-10-6-2,15-11-7-3)16-12-8-4/h1-12H,(H,21,22);5-16H2,1-4H3/q;+1/p-1. The molecule has 6 heteroatoms. The van der Waals surface area contributed by atoms with Crippen molar-refractivity contribution in [3.8, 4) is 22.6 Å². The van der Waals surface area contributed by atoms with Gasteiger partial charge in [0.1, 0.15) is 11.5 Å². The predicted molar refractivity (Wildman–Crippen MR) is 175 cm³/mol. The second-order valence-electron chi connectivity index (χ2n) is 11.6. The Balaban J connectivity index is 0.000000211. The molecule has 0 N–H and O–H groups in total. The van der Waals surface area contributed by atoms with E-state index < -0.39 is 7.82 Å². The van der Waals surface area contributed by atoms with Crippen LogP contribution in [0.2, 0.25) is 0 Å². The van der Waals surface area contributed by atoms with Gasteiger partial charge in [-0.25, -0.2) is 4.57 Å². The van der Waals surface area contributed by atoms with E-state index in [0.29, 0.717) is 0 Å². The molecular weight excluding hydrogens is 541 g/mol. The van der Waals surface area contributed by atoms with Crippen molar-refractivity contribution in [2.45, 2.75) is 79.1 Å². The van der Waals surface area contributed by atoms with Crippen molar-refractivity contribution < 1.29 is 23.0 Å². The Hall–Kier alpha value is -2.85. The Kier molecular flexibility index (Phi) is 11.5. The zero-order valence-corrected chi connectivity index (χ0v) is 26.8. The van der Waals surface area contributed by atoms with Gasteiger partial charge in [-0.05, 0) is 59.4 Å². The van der Waals surface area contributed by atoms with Gasteiger partial charge < -0.3 is 18.4 Å². The van der Waals surface area contributed by atoms with E-state index >= 15 is 0 Å². The van der Waals surface area contributed by atoms with Gasteiger partial charge in [-0.15, -0.1) is 0 Å². The van der Waals surface area contributed by atoms with Gasteiger partial charge in [0, 0.05) is 11.1 Å². The van der Waals surface area contributed by atoms with Crippen molar-refractivity contribution in [3.05, 3.63) is 72.8 Å². The first-order valence-electron chi connectivity index (χ1n) is 16.0. The molecule has 1 aliphatic heterocycles. The van der Waals surface area contributed by atoms with Crippen LogP contribution in [0.1, 0.15) is 79.1 Å². The summed E-state index contributed by atoms with van der Waals surface area (Å²) in [5.74, 6) is 0.569. The van der Waals surface area contributed by atoms with Crippen LogP contribution >= 0.6 is 7.82 Å². The summed E-state index contributed by atoms with van der Waals surface area (Å²) in [6, 6.07) is 22.7. The average molecular weight is 590 g/mol. The van der Waals surface area contributed by atoms with Crippen LogP contribution in [0.15, 0.2) is 72.8 Å². The first-order valence-corrected chi connectivity index (χ1v) is 17.4. The number of unbranched alkanes of at least 4 members (excludes halogenated alkanes) is 4. The molecule has 42 heavy (non-hydrogen) atoms. The van der Waals surface area contributed by atoms with Crippen molar-refractivity contribution in [2.75, 3.05) is 26.2 Å². The Morgan fingerprint density at radius 3 is 1.29 bits per heavy atom. The van der Waals surface area contributed by atoms with E-state index in [-0.39, 0.29) is 11.5 Å². The number of fused-ring (bicyclic) bond motifs is 7. The first-order chi connectivity index (χ1) is 20.4. The number of hydrogen-bond donors (Lipinski definition) is 0. The molecule has 4 aromatic rings. The van der Waals surface area contributed by atoms with E-state index in [1.165, 1.54) is 82.0 Å². The maximum absolute atomic E-state index is 12.3. The Bertz CT molecular complexity index is 1370. The van der Waals surface area contributed by atoms with Crippen molar-refractivity contribution in [2.24, 2.45) is 0 Å². The topological polar surface area (TPSA) is 58.6 Å². The van der Waals surface area contributed by atoms with Crippen molar-refractivity contribution >= 4 is 29.4 Å². The van der Waals surface area contributed by atoms with Crippen LogP contribution in [0.25, 0.3) is 32.7 Å². The molecule has 0 amide bonds. The summed E-state index contributed by atoms with van der Waals surface area (Å²) in [5, 5.41) is 3.85. The van der Waals surface area contributed by atoms with Crippen molar-refractivity contribution in [3.63, 3.8) is 0 Å². The molecule has 5 nitrogen and oxygen atoms in total. The number of phosphoric acid groups is 1. The minimum Gasteiger partial charge on any atom is -0.736 e. The van der Waals surface area contributed by atoms with Gasteiger partial charge in [0.05, 0.1) is 26.2 Å². The summed E-state index contributed by atoms with van der Waals surface area (Å²) in [5.41, 5.74) is 1.47. The van der Waals surface area contributed by atoms with Gasteiger partial charge in [-0.1, -0.05) is 114 Å². The van der Waals surface area contributed by atoms with Gasteiger partial charge >= 0.3 is 7.82 Å². The third-order valence-electron chi connectivity index (χ3n) is 8.40. The lowest BCUT2D eigenvalue weighted by Crippen LogP contribution is -2.50. The third-order valence-corrected chi connectivity index (χ3v) is 9.24. The fourth-order valence-corrected chi connectivity index (χ4v) is 6.90. The maximum atomic E-state index is 12.3. The quantitative estimate of drug-likeness (QED) is 0.122. The molecule has 0 unspecified atom stereocenters. The Morgan fingerprint density at radius 2 is 0.929 bits per heavy atom. The van der Waals surface area contributed by atoms with E-state index in [2.05, 4.69) is 27.7 Å². The van der Waals surface area contributed by atoms with Crippen LogP contribution in [0.5, 0.6) is 11.5 Å². The number of rotatable bonds is 12. The van der Waals surface area contributed by atoms with Crippen LogP contribution < -0.4 is 13.9 Å². The normalized spacial score (nSPS) is 13.7.